The minimum absolute atomic E-state index is 0.0689. The lowest BCUT2D eigenvalue weighted by Gasteiger charge is -2.47. The second-order valence-electron chi connectivity index (χ2n) is 7.58. The van der Waals surface area contributed by atoms with Crippen LogP contribution in [0.25, 0.3) is 0 Å². The Labute approximate surface area is 172 Å². The molecule has 1 unspecified atom stereocenters. The molecule has 4 rings (SSSR count). The summed E-state index contributed by atoms with van der Waals surface area (Å²) in [5.41, 5.74) is 1.35. The van der Waals surface area contributed by atoms with Crippen LogP contribution in [0.5, 0.6) is 0 Å². The van der Waals surface area contributed by atoms with E-state index < -0.39 is 0 Å². The molecule has 0 aromatic carbocycles. The van der Waals surface area contributed by atoms with Crippen LogP contribution in [-0.2, 0) is 9.53 Å². The monoisotopic (exact) mass is 420 g/mol. The molecule has 2 aromatic heterocycles. The van der Waals surface area contributed by atoms with Crippen molar-refractivity contribution in [3.8, 4) is 0 Å². The summed E-state index contributed by atoms with van der Waals surface area (Å²) in [5, 5.41) is 5.46. The van der Waals surface area contributed by atoms with Gasteiger partial charge in [0.1, 0.15) is 12.3 Å². The van der Waals surface area contributed by atoms with Crippen LogP contribution in [0.2, 0.25) is 0 Å². The molecule has 1 atom stereocenters. The van der Waals surface area contributed by atoms with E-state index in [1.807, 2.05) is 6.92 Å². The molecule has 0 bridgehead atoms. The van der Waals surface area contributed by atoms with E-state index >= 15 is 0 Å². The van der Waals surface area contributed by atoms with Gasteiger partial charge in [0.15, 0.2) is 5.13 Å². The fourth-order valence-corrected chi connectivity index (χ4v) is 5.82. The summed E-state index contributed by atoms with van der Waals surface area (Å²) >= 11 is 2.59. The van der Waals surface area contributed by atoms with Crippen LogP contribution in [-0.4, -0.2) is 40.9 Å². The third-order valence-corrected chi connectivity index (χ3v) is 7.49. The molecular formula is C19H24N4O3S2. The second kappa shape index (κ2) is 7.88. The zero-order chi connectivity index (χ0) is 19.7. The average molecular weight is 421 g/mol. The van der Waals surface area contributed by atoms with Crippen molar-refractivity contribution in [2.75, 3.05) is 18.6 Å². The highest BCUT2D eigenvalue weighted by Crippen LogP contribution is 2.53. The highest BCUT2D eigenvalue weighted by Gasteiger charge is 2.48. The molecule has 150 valence electrons. The predicted octanol–water partition coefficient (Wildman–Crippen LogP) is 3.67. The zero-order valence-electron chi connectivity index (χ0n) is 16.1. The first-order chi connectivity index (χ1) is 13.5. The minimum atomic E-state index is -0.243. The lowest BCUT2D eigenvalue weighted by atomic mass is 9.63. The number of aryl methyl sites for hydroxylation is 1. The number of nitrogens with one attached hydrogen (secondary N) is 1. The molecule has 2 aliphatic carbocycles. The highest BCUT2D eigenvalue weighted by molar-refractivity contribution is 7.16. The summed E-state index contributed by atoms with van der Waals surface area (Å²) in [6, 6.07) is 0.249. The molecule has 7 nitrogen and oxygen atoms in total. The van der Waals surface area contributed by atoms with Crippen LogP contribution >= 0.6 is 22.9 Å². The molecule has 2 fully saturated rings. The molecule has 2 saturated carbocycles. The van der Waals surface area contributed by atoms with Gasteiger partial charge in [-0.05, 0) is 49.6 Å². The number of aromatic nitrogens is 2. The number of amides is 2. The van der Waals surface area contributed by atoms with Gasteiger partial charge in [0.05, 0.1) is 11.9 Å². The molecule has 0 saturated heterocycles. The molecular weight excluding hydrogens is 396 g/mol. The predicted molar refractivity (Wildman–Crippen MR) is 109 cm³/mol. The van der Waals surface area contributed by atoms with E-state index in [1.165, 1.54) is 67.0 Å². The fraction of sp³-hybridized carbons (Fsp3) is 0.579. The Morgan fingerprint density at radius 1 is 1.36 bits per heavy atom. The van der Waals surface area contributed by atoms with Crippen molar-refractivity contribution in [2.24, 2.45) is 5.41 Å². The smallest absolute Gasteiger partial charge is 0.271 e. The number of anilines is 2. The number of thiazole rings is 1. The molecule has 2 heterocycles. The highest BCUT2D eigenvalue weighted by atomic mass is 32.1. The summed E-state index contributed by atoms with van der Waals surface area (Å²) < 4.78 is 9.08. The Morgan fingerprint density at radius 2 is 2.14 bits per heavy atom. The molecule has 2 aliphatic rings. The van der Waals surface area contributed by atoms with Crippen LogP contribution in [0.4, 0.5) is 10.8 Å². The van der Waals surface area contributed by atoms with Gasteiger partial charge in [-0.15, -0.1) is 11.3 Å². The third-order valence-electron chi connectivity index (χ3n) is 5.96. The average Bonchev–Trinajstić information content (AvgIpc) is 3.41. The van der Waals surface area contributed by atoms with E-state index in [0.717, 1.165) is 11.3 Å². The van der Waals surface area contributed by atoms with E-state index in [-0.39, 0.29) is 24.5 Å². The molecule has 0 aliphatic heterocycles. The normalized spacial score (nSPS) is 20.1. The molecule has 28 heavy (non-hydrogen) atoms. The van der Waals surface area contributed by atoms with E-state index in [4.69, 9.17) is 4.74 Å². The van der Waals surface area contributed by atoms with Crippen LogP contribution in [0.3, 0.4) is 0 Å². The van der Waals surface area contributed by atoms with Gasteiger partial charge >= 0.3 is 0 Å². The van der Waals surface area contributed by atoms with E-state index in [0.29, 0.717) is 21.9 Å². The molecule has 9 heteroatoms. The summed E-state index contributed by atoms with van der Waals surface area (Å²) in [4.78, 5) is 32.3. The second-order valence-corrected chi connectivity index (χ2v) is 9.42. The Kier molecular flexibility index (Phi) is 5.48. The molecule has 2 amide bonds. The van der Waals surface area contributed by atoms with E-state index in [2.05, 4.69) is 14.7 Å². The van der Waals surface area contributed by atoms with Gasteiger partial charge in [-0.1, -0.05) is 12.8 Å². The summed E-state index contributed by atoms with van der Waals surface area (Å²) in [5.74, 6) is -0.383. The van der Waals surface area contributed by atoms with Crippen molar-refractivity contribution in [3.63, 3.8) is 0 Å². The largest absolute Gasteiger partial charge is 0.375 e. The Morgan fingerprint density at radius 3 is 2.75 bits per heavy atom. The van der Waals surface area contributed by atoms with Crippen molar-refractivity contribution in [1.29, 1.82) is 0 Å². The summed E-state index contributed by atoms with van der Waals surface area (Å²) in [7, 11) is 1.48. The number of ether oxygens (including phenoxy) is 1. The standard InChI is InChI=1S/C19H24N4O3S2/c1-12-16(17(25)21-14-5-8-19(14)6-3-4-7-19)22-18(28-12)23(15(24)10-26-2)13-9-20-27-11-13/h9,11,14H,3-8,10H2,1-2H3,(H,21,25). The van der Waals surface area contributed by atoms with Gasteiger partial charge in [0.25, 0.3) is 11.8 Å². The zero-order valence-corrected chi connectivity index (χ0v) is 17.7. The van der Waals surface area contributed by atoms with Crippen molar-refractivity contribution < 1.29 is 14.3 Å². The van der Waals surface area contributed by atoms with Gasteiger partial charge in [0.2, 0.25) is 0 Å². The first-order valence-electron chi connectivity index (χ1n) is 9.54. The maximum absolute atomic E-state index is 12.9. The van der Waals surface area contributed by atoms with Crippen LogP contribution in [0.15, 0.2) is 11.6 Å². The number of rotatable bonds is 6. The number of methoxy groups -OCH3 is 1. The fourth-order valence-electron chi connectivity index (χ4n) is 4.37. The summed E-state index contributed by atoms with van der Waals surface area (Å²) in [6.45, 7) is 1.80. The first-order valence-corrected chi connectivity index (χ1v) is 11.2. The molecule has 1 N–H and O–H groups in total. The van der Waals surface area contributed by atoms with Crippen LogP contribution in [0, 0.1) is 12.3 Å². The lowest BCUT2D eigenvalue weighted by Crippen LogP contribution is -2.54. The van der Waals surface area contributed by atoms with E-state index in [1.54, 1.807) is 11.6 Å². The number of hydrogen-bond acceptors (Lipinski definition) is 7. The van der Waals surface area contributed by atoms with Gasteiger partial charge in [-0.2, -0.15) is 4.37 Å². The number of nitrogens with zero attached hydrogens (tertiary/aromatic N) is 3. The van der Waals surface area contributed by atoms with E-state index in [9.17, 15) is 9.59 Å². The molecule has 1 spiro atoms. The van der Waals surface area contributed by atoms with Gasteiger partial charge in [-0.3, -0.25) is 14.5 Å². The SMILES string of the molecule is COCC(=O)N(c1cnsc1)c1nc(C(=O)NC2CCC23CCCC3)c(C)s1. The maximum Gasteiger partial charge on any atom is 0.271 e. The van der Waals surface area contributed by atoms with Gasteiger partial charge < -0.3 is 10.1 Å². The minimum Gasteiger partial charge on any atom is -0.375 e. The number of carbonyl (C=O) groups excluding carboxylic acids is 2. The maximum atomic E-state index is 12.9. The molecule has 0 radical (unpaired) electrons. The Bertz CT molecular complexity index is 859. The van der Waals surface area contributed by atoms with Gasteiger partial charge in [-0.25, -0.2) is 4.98 Å². The van der Waals surface area contributed by atoms with Crippen LogP contribution < -0.4 is 10.2 Å². The van der Waals surface area contributed by atoms with Crippen molar-refractivity contribution in [2.45, 2.75) is 51.5 Å². The topological polar surface area (TPSA) is 84.4 Å². The number of carbonyl (C=O) groups is 2. The quantitative estimate of drug-likeness (QED) is 0.771. The first kappa shape index (κ1) is 19.5. The Balaban J connectivity index is 1.55. The summed E-state index contributed by atoms with van der Waals surface area (Å²) in [6.07, 6.45) is 8.82. The van der Waals surface area contributed by atoms with Crippen LogP contribution in [0.1, 0.15) is 53.9 Å². The Hall–Kier alpha value is -1.84. The molecule has 2 aromatic rings. The number of hydrogen-bond donors (Lipinski definition) is 1. The lowest BCUT2D eigenvalue weighted by molar-refractivity contribution is -0.121. The van der Waals surface area contributed by atoms with Crippen molar-refractivity contribution >= 4 is 45.5 Å². The van der Waals surface area contributed by atoms with Crippen molar-refractivity contribution in [1.82, 2.24) is 14.7 Å². The van der Waals surface area contributed by atoms with Gasteiger partial charge in [0, 0.05) is 23.4 Å². The van der Waals surface area contributed by atoms with Crippen molar-refractivity contribution in [3.05, 3.63) is 22.1 Å². The third kappa shape index (κ3) is 3.46.